The maximum absolute atomic E-state index is 12.5. The Labute approximate surface area is 135 Å². The van der Waals surface area contributed by atoms with Crippen LogP contribution in [-0.4, -0.2) is 56.4 Å². The number of piperazine rings is 1. The van der Waals surface area contributed by atoms with Crippen molar-refractivity contribution < 1.29 is 13.2 Å². The zero-order valence-corrected chi connectivity index (χ0v) is 13.4. The first-order valence-corrected chi connectivity index (χ1v) is 8.49. The minimum atomic E-state index is -3.56. The van der Waals surface area contributed by atoms with Crippen LogP contribution in [0, 0.1) is 12.3 Å². The summed E-state index contributed by atoms with van der Waals surface area (Å²) in [6, 6.07) is 5.75. The van der Waals surface area contributed by atoms with E-state index in [1.165, 1.54) is 28.6 Å². The molecule has 8 heteroatoms. The molecule has 1 aliphatic rings. The Morgan fingerprint density at radius 2 is 1.82 bits per heavy atom. The molecule has 22 heavy (non-hydrogen) atoms. The third-order valence-corrected chi connectivity index (χ3v) is 5.48. The van der Waals surface area contributed by atoms with Gasteiger partial charge in [-0.05, 0) is 24.3 Å². The quantitative estimate of drug-likeness (QED) is 0.833. The van der Waals surface area contributed by atoms with E-state index in [0.29, 0.717) is 18.1 Å². The number of terminal acetylenes is 1. The lowest BCUT2D eigenvalue weighted by atomic mass is 10.4. The number of nitrogens with one attached hydrogen (secondary N) is 1. The molecule has 118 valence electrons. The van der Waals surface area contributed by atoms with Gasteiger partial charge in [-0.25, -0.2) is 13.2 Å². The highest BCUT2D eigenvalue weighted by Gasteiger charge is 2.29. The summed E-state index contributed by atoms with van der Waals surface area (Å²) in [5.41, 5.74) is 0. The van der Waals surface area contributed by atoms with Crippen LogP contribution >= 0.6 is 11.6 Å². The maximum Gasteiger partial charge on any atom is 0.318 e. The molecular weight excluding hydrogens is 326 g/mol. The number of benzene rings is 1. The molecule has 0 aromatic heterocycles. The number of hydrogen-bond acceptors (Lipinski definition) is 3. The number of halogens is 1. The average molecular weight is 342 g/mol. The van der Waals surface area contributed by atoms with Crippen LogP contribution in [-0.2, 0) is 10.0 Å². The second-order valence-electron chi connectivity index (χ2n) is 4.71. The molecule has 1 aromatic rings. The third kappa shape index (κ3) is 3.71. The Morgan fingerprint density at radius 3 is 2.36 bits per heavy atom. The van der Waals surface area contributed by atoms with Crippen molar-refractivity contribution in [1.82, 2.24) is 14.5 Å². The molecule has 1 saturated heterocycles. The predicted octanol–water partition coefficient (Wildman–Crippen LogP) is 0.989. The van der Waals surface area contributed by atoms with Crippen molar-refractivity contribution in [1.29, 1.82) is 0 Å². The summed E-state index contributed by atoms with van der Waals surface area (Å²) in [6.45, 7) is 1.29. The molecular formula is C14H16ClN3O3S. The zero-order chi connectivity index (χ0) is 16.2. The van der Waals surface area contributed by atoms with Gasteiger partial charge in [-0.15, -0.1) is 6.42 Å². The smallest absolute Gasteiger partial charge is 0.318 e. The van der Waals surface area contributed by atoms with Crippen molar-refractivity contribution in [3.63, 3.8) is 0 Å². The topological polar surface area (TPSA) is 69.7 Å². The summed E-state index contributed by atoms with van der Waals surface area (Å²) in [5.74, 6) is 2.32. The van der Waals surface area contributed by atoms with Crippen LogP contribution in [0.2, 0.25) is 5.02 Å². The summed E-state index contributed by atoms with van der Waals surface area (Å²) in [7, 11) is -3.56. The second-order valence-corrected chi connectivity index (χ2v) is 7.08. The van der Waals surface area contributed by atoms with Crippen LogP contribution in [0.4, 0.5) is 4.79 Å². The van der Waals surface area contributed by atoms with Gasteiger partial charge in [-0.1, -0.05) is 17.5 Å². The van der Waals surface area contributed by atoms with Crippen molar-refractivity contribution in [3.8, 4) is 12.3 Å². The fourth-order valence-corrected chi connectivity index (χ4v) is 3.67. The molecule has 6 nitrogen and oxygen atoms in total. The van der Waals surface area contributed by atoms with Gasteiger partial charge >= 0.3 is 6.03 Å². The Kier molecular flexibility index (Phi) is 5.29. The van der Waals surface area contributed by atoms with Gasteiger partial charge < -0.3 is 10.2 Å². The second kappa shape index (κ2) is 7.01. The van der Waals surface area contributed by atoms with E-state index in [4.69, 9.17) is 18.0 Å². The molecule has 2 rings (SSSR count). The Bertz CT molecular complexity index is 674. The van der Waals surface area contributed by atoms with Gasteiger partial charge in [0.05, 0.1) is 11.4 Å². The molecule has 1 aromatic carbocycles. The molecule has 0 atom stereocenters. The van der Waals surface area contributed by atoms with E-state index in [0.717, 1.165) is 0 Å². The van der Waals surface area contributed by atoms with Gasteiger partial charge in [-0.2, -0.15) is 4.31 Å². The lowest BCUT2D eigenvalue weighted by Crippen LogP contribution is -2.53. The summed E-state index contributed by atoms with van der Waals surface area (Å²) >= 11 is 5.77. The van der Waals surface area contributed by atoms with E-state index in [1.54, 1.807) is 4.90 Å². The van der Waals surface area contributed by atoms with Gasteiger partial charge in [0.25, 0.3) is 0 Å². The Hall–Kier alpha value is -1.75. The van der Waals surface area contributed by atoms with Crippen molar-refractivity contribution >= 4 is 27.7 Å². The van der Waals surface area contributed by atoms with Crippen LogP contribution < -0.4 is 5.32 Å². The first-order valence-electron chi connectivity index (χ1n) is 6.67. The van der Waals surface area contributed by atoms with Gasteiger partial charge in [0.2, 0.25) is 10.0 Å². The average Bonchev–Trinajstić information content (AvgIpc) is 2.53. The molecule has 0 bridgehead atoms. The Morgan fingerprint density at radius 1 is 1.23 bits per heavy atom. The highest BCUT2D eigenvalue weighted by Crippen LogP contribution is 2.19. The van der Waals surface area contributed by atoms with E-state index < -0.39 is 10.0 Å². The molecule has 1 aliphatic heterocycles. The van der Waals surface area contributed by atoms with E-state index >= 15 is 0 Å². The number of hydrogen-bond donors (Lipinski definition) is 1. The summed E-state index contributed by atoms with van der Waals surface area (Å²) in [5, 5.41) is 3.04. The lowest BCUT2D eigenvalue weighted by molar-refractivity contribution is 0.173. The minimum absolute atomic E-state index is 0.155. The van der Waals surface area contributed by atoms with Crippen LogP contribution in [0.1, 0.15) is 0 Å². The van der Waals surface area contributed by atoms with Crippen LogP contribution in [0.5, 0.6) is 0 Å². The SMILES string of the molecule is C#CCNC(=O)N1CCN(S(=O)(=O)c2ccc(Cl)cc2)CC1. The van der Waals surface area contributed by atoms with Crippen LogP contribution in [0.15, 0.2) is 29.2 Å². The molecule has 0 saturated carbocycles. The number of amides is 2. The van der Waals surface area contributed by atoms with Gasteiger partial charge in [-0.3, -0.25) is 0 Å². The molecule has 0 aliphatic carbocycles. The number of nitrogens with zero attached hydrogens (tertiary/aromatic N) is 2. The van der Waals surface area contributed by atoms with Gasteiger partial charge in [0.1, 0.15) is 0 Å². The van der Waals surface area contributed by atoms with Crippen molar-refractivity contribution in [2.24, 2.45) is 0 Å². The predicted molar refractivity (Wildman–Crippen MR) is 84.0 cm³/mol. The molecule has 2 amide bonds. The zero-order valence-electron chi connectivity index (χ0n) is 11.8. The number of urea groups is 1. The standard InChI is InChI=1S/C14H16ClN3O3S/c1-2-7-16-14(19)17-8-10-18(11-9-17)22(20,21)13-5-3-12(15)4-6-13/h1,3-6H,7-11H2,(H,16,19). The van der Waals surface area contributed by atoms with Crippen LogP contribution in [0.25, 0.3) is 0 Å². The minimum Gasteiger partial charge on any atom is -0.327 e. The monoisotopic (exact) mass is 341 g/mol. The lowest BCUT2D eigenvalue weighted by Gasteiger charge is -2.33. The van der Waals surface area contributed by atoms with E-state index in [1.807, 2.05) is 0 Å². The van der Waals surface area contributed by atoms with E-state index in [2.05, 4.69) is 11.2 Å². The largest absolute Gasteiger partial charge is 0.327 e. The molecule has 1 heterocycles. The fourth-order valence-electron chi connectivity index (χ4n) is 2.13. The maximum atomic E-state index is 12.5. The first-order chi connectivity index (χ1) is 10.4. The summed E-state index contributed by atoms with van der Waals surface area (Å²) < 4.78 is 26.3. The Balaban J connectivity index is 2.00. The number of carbonyl (C=O) groups is 1. The highest BCUT2D eigenvalue weighted by atomic mass is 35.5. The first kappa shape index (κ1) is 16.6. The fraction of sp³-hybridized carbons (Fsp3) is 0.357. The van der Waals surface area contributed by atoms with Gasteiger partial charge in [0.15, 0.2) is 0 Å². The summed E-state index contributed by atoms with van der Waals surface area (Å²) in [6.07, 6.45) is 5.08. The molecule has 0 unspecified atom stereocenters. The van der Waals surface area contributed by atoms with Crippen molar-refractivity contribution in [2.75, 3.05) is 32.7 Å². The van der Waals surface area contributed by atoms with Crippen LogP contribution in [0.3, 0.4) is 0 Å². The highest BCUT2D eigenvalue weighted by molar-refractivity contribution is 7.89. The summed E-state index contributed by atoms with van der Waals surface area (Å²) in [4.78, 5) is 13.5. The number of carbonyl (C=O) groups excluding carboxylic acids is 1. The number of sulfonamides is 1. The normalized spacial score (nSPS) is 16.1. The third-order valence-electron chi connectivity index (χ3n) is 3.32. The van der Waals surface area contributed by atoms with E-state index in [9.17, 15) is 13.2 Å². The van der Waals surface area contributed by atoms with Crippen molar-refractivity contribution in [2.45, 2.75) is 4.90 Å². The number of rotatable bonds is 3. The van der Waals surface area contributed by atoms with Crippen molar-refractivity contribution in [3.05, 3.63) is 29.3 Å². The van der Waals surface area contributed by atoms with Gasteiger partial charge in [0, 0.05) is 31.2 Å². The van der Waals surface area contributed by atoms with E-state index in [-0.39, 0.29) is 30.6 Å². The molecule has 1 N–H and O–H groups in total. The molecule has 0 spiro atoms. The molecule has 1 fully saturated rings. The molecule has 0 radical (unpaired) electrons.